The summed E-state index contributed by atoms with van der Waals surface area (Å²) in [4.78, 5) is 5.98. The number of hydrogen-bond acceptors (Lipinski definition) is 5. The molecule has 1 unspecified atom stereocenters. The number of methoxy groups -OCH3 is 1. The van der Waals surface area contributed by atoms with Crippen molar-refractivity contribution >= 4 is 39.5 Å². The van der Waals surface area contributed by atoms with E-state index in [0.29, 0.717) is 13.2 Å². The number of nitrogens with zero attached hydrogens (tertiary/aromatic N) is 2. The van der Waals surface area contributed by atoms with Gasteiger partial charge in [0, 0.05) is 28.7 Å². The molecule has 0 aliphatic rings. The van der Waals surface area contributed by atoms with E-state index in [4.69, 9.17) is 14.5 Å². The van der Waals surface area contributed by atoms with Gasteiger partial charge in [0.15, 0.2) is 5.16 Å². The quantitative estimate of drug-likeness (QED) is 0.559. The molecule has 2 rings (SSSR count). The summed E-state index contributed by atoms with van der Waals surface area (Å²) < 4.78 is 14.5. The van der Waals surface area contributed by atoms with Gasteiger partial charge in [-0.2, -0.15) is 0 Å². The molecule has 0 radical (unpaired) electrons. The van der Waals surface area contributed by atoms with Crippen molar-refractivity contribution in [2.75, 3.05) is 20.8 Å². The Balaban J connectivity index is 2.55. The second-order valence-electron chi connectivity index (χ2n) is 6.55. The Bertz CT molecular complexity index is 956. The molecule has 158 valence electrons. The van der Waals surface area contributed by atoms with Crippen LogP contribution >= 0.6 is 27.7 Å². The highest BCUT2D eigenvalue weighted by Gasteiger charge is 2.14. The van der Waals surface area contributed by atoms with E-state index in [1.807, 2.05) is 38.2 Å². The Kier molecular flexibility index (Phi) is 9.33. The lowest BCUT2D eigenvalue weighted by Crippen LogP contribution is -2.35. The SMILES string of the molecule is C=C/C=c1\c(=C(/C)NC)nc(Sc2cc(OC)ccc2Br)n1CCOC(C)CC. The number of ether oxygens (including phenoxy) is 2. The van der Waals surface area contributed by atoms with Gasteiger partial charge in [-0.25, -0.2) is 4.98 Å². The average molecular weight is 480 g/mol. The highest BCUT2D eigenvalue weighted by molar-refractivity contribution is 9.10. The van der Waals surface area contributed by atoms with E-state index in [2.05, 4.69) is 46.2 Å². The van der Waals surface area contributed by atoms with Crippen LogP contribution < -0.4 is 20.8 Å². The van der Waals surface area contributed by atoms with Gasteiger partial charge in [0.25, 0.3) is 0 Å². The van der Waals surface area contributed by atoms with E-state index in [9.17, 15) is 0 Å². The van der Waals surface area contributed by atoms with Gasteiger partial charge in [0.05, 0.1) is 25.2 Å². The Morgan fingerprint density at radius 3 is 2.83 bits per heavy atom. The van der Waals surface area contributed by atoms with E-state index in [1.165, 1.54) is 0 Å². The molecular formula is C22H30BrN3O2S. The predicted octanol–water partition coefficient (Wildman–Crippen LogP) is 3.93. The molecular weight excluding hydrogens is 450 g/mol. The maximum atomic E-state index is 5.94. The van der Waals surface area contributed by atoms with Crippen LogP contribution in [0.25, 0.3) is 11.8 Å². The Hall–Kier alpha value is -1.70. The molecule has 0 spiro atoms. The second-order valence-corrected chi connectivity index (χ2v) is 8.41. The Morgan fingerprint density at radius 2 is 2.21 bits per heavy atom. The van der Waals surface area contributed by atoms with Crippen LogP contribution in [0, 0.1) is 0 Å². The minimum Gasteiger partial charge on any atom is -0.497 e. The summed E-state index contributed by atoms with van der Waals surface area (Å²) in [5, 5.41) is 6.04. The Morgan fingerprint density at radius 1 is 1.45 bits per heavy atom. The molecule has 0 saturated heterocycles. The van der Waals surface area contributed by atoms with Crippen molar-refractivity contribution < 1.29 is 9.47 Å². The molecule has 0 aliphatic carbocycles. The zero-order chi connectivity index (χ0) is 21.4. The highest BCUT2D eigenvalue weighted by Crippen LogP contribution is 2.34. The van der Waals surface area contributed by atoms with Gasteiger partial charge < -0.3 is 19.4 Å². The van der Waals surface area contributed by atoms with Crippen molar-refractivity contribution in [1.29, 1.82) is 0 Å². The van der Waals surface area contributed by atoms with Crippen LogP contribution in [0.3, 0.4) is 0 Å². The van der Waals surface area contributed by atoms with Crippen LogP contribution in [0.1, 0.15) is 27.2 Å². The van der Waals surface area contributed by atoms with Crippen LogP contribution in [0.4, 0.5) is 0 Å². The summed E-state index contributed by atoms with van der Waals surface area (Å²) in [5.74, 6) is 0.810. The molecule has 29 heavy (non-hydrogen) atoms. The lowest BCUT2D eigenvalue weighted by atomic mass is 10.3. The number of aromatic nitrogens is 2. The summed E-state index contributed by atoms with van der Waals surface area (Å²) in [6, 6.07) is 5.93. The van der Waals surface area contributed by atoms with Crippen LogP contribution in [0.5, 0.6) is 5.75 Å². The fraction of sp³-hybridized carbons (Fsp3) is 0.409. The van der Waals surface area contributed by atoms with Gasteiger partial charge in [0.1, 0.15) is 11.1 Å². The second kappa shape index (κ2) is 11.5. The topological polar surface area (TPSA) is 48.3 Å². The lowest BCUT2D eigenvalue weighted by Gasteiger charge is -2.13. The molecule has 1 N–H and O–H groups in total. The molecule has 1 heterocycles. The molecule has 7 heteroatoms. The minimum absolute atomic E-state index is 0.235. The van der Waals surface area contributed by atoms with Crippen LogP contribution in [0.2, 0.25) is 0 Å². The first kappa shape index (κ1) is 23.6. The molecule has 1 aromatic heterocycles. The zero-order valence-corrected chi connectivity index (χ0v) is 20.2. The standard InChI is InChI=1S/C22H30BrN3O2S/c1-7-9-19-21(16(4)24-5)25-22(26(19)12-13-28-15(3)8-2)29-20-14-17(27-6)10-11-18(20)23/h7,9-11,14-15,24H,1,8,12-13H2,2-6H3/b19-9+,21-16-. The van der Waals surface area contributed by atoms with Gasteiger partial charge in [-0.3, -0.25) is 0 Å². The van der Waals surface area contributed by atoms with Gasteiger partial charge in [0.2, 0.25) is 0 Å². The first-order valence-electron chi connectivity index (χ1n) is 9.66. The molecule has 0 amide bonds. The highest BCUT2D eigenvalue weighted by atomic mass is 79.9. The molecule has 0 aliphatic heterocycles. The largest absolute Gasteiger partial charge is 0.497 e. The number of rotatable bonds is 10. The Labute approximate surface area is 186 Å². The third-order valence-corrected chi connectivity index (χ3v) is 6.62. The maximum Gasteiger partial charge on any atom is 0.174 e. The number of imidazole rings is 1. The average Bonchev–Trinajstić information content (AvgIpc) is 3.06. The van der Waals surface area contributed by atoms with Crippen molar-refractivity contribution in [3.05, 3.63) is 46.0 Å². The van der Waals surface area contributed by atoms with Gasteiger partial charge in [-0.1, -0.05) is 31.3 Å². The van der Waals surface area contributed by atoms with Crippen LogP contribution in [-0.2, 0) is 11.3 Å². The molecule has 0 bridgehead atoms. The number of allylic oxidation sites excluding steroid dienone is 1. The molecule has 1 aromatic carbocycles. The molecule has 1 atom stereocenters. The first-order valence-corrected chi connectivity index (χ1v) is 11.3. The summed E-state index contributed by atoms with van der Waals surface area (Å²) in [5.41, 5.74) is 1.01. The molecule has 0 fully saturated rings. The number of halogens is 1. The van der Waals surface area contributed by atoms with Gasteiger partial charge in [-0.05, 0) is 60.5 Å². The van der Waals surface area contributed by atoms with Crippen molar-refractivity contribution in [3.63, 3.8) is 0 Å². The van der Waals surface area contributed by atoms with Crippen LogP contribution in [0.15, 0.2) is 45.4 Å². The first-order chi connectivity index (χ1) is 13.9. The van der Waals surface area contributed by atoms with E-state index in [-0.39, 0.29) is 6.10 Å². The van der Waals surface area contributed by atoms with Crippen molar-refractivity contribution in [3.8, 4) is 5.75 Å². The van der Waals surface area contributed by atoms with Gasteiger partial charge >= 0.3 is 0 Å². The summed E-state index contributed by atoms with van der Waals surface area (Å²) in [6.45, 7) is 11.5. The maximum absolute atomic E-state index is 5.94. The van der Waals surface area contributed by atoms with E-state index < -0.39 is 0 Å². The molecule has 2 aromatic rings. The third-order valence-electron chi connectivity index (χ3n) is 4.61. The van der Waals surface area contributed by atoms with Gasteiger partial charge in [-0.15, -0.1) is 0 Å². The molecule has 0 saturated carbocycles. The number of nitrogens with one attached hydrogen (secondary N) is 1. The lowest BCUT2D eigenvalue weighted by molar-refractivity contribution is 0.0566. The zero-order valence-electron chi connectivity index (χ0n) is 17.8. The normalized spacial score (nSPS) is 13.9. The van der Waals surface area contributed by atoms with E-state index >= 15 is 0 Å². The van der Waals surface area contributed by atoms with E-state index in [1.54, 1.807) is 24.9 Å². The van der Waals surface area contributed by atoms with Crippen LogP contribution in [-0.4, -0.2) is 36.4 Å². The monoisotopic (exact) mass is 479 g/mol. The van der Waals surface area contributed by atoms with Crippen molar-refractivity contribution in [2.45, 2.75) is 49.9 Å². The number of benzene rings is 1. The van der Waals surface area contributed by atoms with Crippen molar-refractivity contribution in [2.24, 2.45) is 0 Å². The fourth-order valence-electron chi connectivity index (χ4n) is 2.66. The molecule has 5 nitrogen and oxygen atoms in total. The summed E-state index contributed by atoms with van der Waals surface area (Å²) >= 11 is 5.24. The fourth-order valence-corrected chi connectivity index (χ4v) is 4.13. The number of hydrogen-bond donors (Lipinski definition) is 1. The third kappa shape index (κ3) is 6.14. The summed E-state index contributed by atoms with van der Waals surface area (Å²) in [7, 11) is 3.58. The minimum atomic E-state index is 0.235. The smallest absolute Gasteiger partial charge is 0.174 e. The van der Waals surface area contributed by atoms with E-state index in [0.717, 1.165) is 43.1 Å². The summed E-state index contributed by atoms with van der Waals surface area (Å²) in [6.07, 6.45) is 5.02. The predicted molar refractivity (Wildman–Crippen MR) is 125 cm³/mol. The van der Waals surface area contributed by atoms with Crippen molar-refractivity contribution in [1.82, 2.24) is 14.9 Å².